The molecule has 0 radical (unpaired) electrons. The van der Waals surface area contributed by atoms with Gasteiger partial charge in [0.1, 0.15) is 11.6 Å². The lowest BCUT2D eigenvalue weighted by molar-refractivity contribution is -0.118. The van der Waals surface area contributed by atoms with Gasteiger partial charge in [-0.05, 0) is 35.4 Å². The summed E-state index contributed by atoms with van der Waals surface area (Å²) in [7, 11) is -3.65. The zero-order valence-corrected chi connectivity index (χ0v) is 14.8. The van der Waals surface area contributed by atoms with Gasteiger partial charge >= 0.3 is 0 Å². The van der Waals surface area contributed by atoms with Crippen molar-refractivity contribution in [2.75, 3.05) is 5.75 Å². The monoisotopic (exact) mass is 389 g/mol. The Kier molecular flexibility index (Phi) is 6.21. The number of halogens is 3. The predicted octanol–water partition coefficient (Wildman–Crippen LogP) is 3.36. The van der Waals surface area contributed by atoms with Gasteiger partial charge < -0.3 is 5.32 Å². The second kappa shape index (κ2) is 7.96. The molecule has 0 aromatic heterocycles. The van der Waals surface area contributed by atoms with Gasteiger partial charge in [-0.2, -0.15) is 0 Å². The third-order valence-corrected chi connectivity index (χ3v) is 5.34. The van der Waals surface area contributed by atoms with Crippen molar-refractivity contribution in [1.29, 1.82) is 0 Å². The van der Waals surface area contributed by atoms with E-state index in [0.29, 0.717) is 16.1 Å². The summed E-state index contributed by atoms with van der Waals surface area (Å²) in [5.41, 5.74) is 1.13. The Labute approximate surface area is 149 Å². The van der Waals surface area contributed by atoms with Crippen LogP contribution in [-0.4, -0.2) is 20.1 Å². The molecule has 24 heavy (non-hydrogen) atoms. The summed E-state index contributed by atoms with van der Waals surface area (Å²) in [5, 5.41) is 3.08. The van der Waals surface area contributed by atoms with Crippen LogP contribution in [0, 0.1) is 5.82 Å². The molecular formula is C16H14Cl2FNO3S. The molecule has 1 amide bonds. The summed E-state index contributed by atoms with van der Waals surface area (Å²) in [6.07, 6.45) is 0. The average molecular weight is 390 g/mol. The number of rotatable bonds is 6. The molecule has 0 atom stereocenters. The number of benzene rings is 2. The van der Waals surface area contributed by atoms with Crippen molar-refractivity contribution in [3.63, 3.8) is 0 Å². The molecule has 2 rings (SSSR count). The lowest BCUT2D eigenvalue weighted by Gasteiger charge is -2.07. The third kappa shape index (κ3) is 5.78. The van der Waals surface area contributed by atoms with Crippen LogP contribution in [0.25, 0.3) is 0 Å². The summed E-state index contributed by atoms with van der Waals surface area (Å²) in [6.45, 7) is 0.126. The zero-order chi connectivity index (χ0) is 17.7. The Hall–Kier alpha value is -1.63. The second-order valence-electron chi connectivity index (χ2n) is 5.18. The number of amides is 1. The average Bonchev–Trinajstić information content (AvgIpc) is 2.49. The molecule has 8 heteroatoms. The van der Waals surface area contributed by atoms with Crippen LogP contribution >= 0.6 is 23.2 Å². The number of sulfone groups is 1. The Bertz CT molecular complexity index is 839. The van der Waals surface area contributed by atoms with Gasteiger partial charge in [-0.15, -0.1) is 0 Å². The second-order valence-corrected chi connectivity index (χ2v) is 8.06. The first kappa shape index (κ1) is 18.7. The van der Waals surface area contributed by atoms with E-state index in [9.17, 15) is 17.6 Å². The maximum absolute atomic E-state index is 12.8. The van der Waals surface area contributed by atoms with Crippen molar-refractivity contribution in [3.05, 3.63) is 69.5 Å². The summed E-state index contributed by atoms with van der Waals surface area (Å²) < 4.78 is 36.9. The lowest BCUT2D eigenvalue weighted by atomic mass is 10.2. The molecule has 0 aliphatic carbocycles. The number of carbonyl (C=O) groups excluding carboxylic acids is 1. The van der Waals surface area contributed by atoms with E-state index in [0.717, 1.165) is 0 Å². The number of carbonyl (C=O) groups is 1. The Morgan fingerprint density at radius 2 is 1.62 bits per heavy atom. The van der Waals surface area contributed by atoms with Gasteiger partial charge in [-0.25, -0.2) is 12.8 Å². The fourth-order valence-electron chi connectivity index (χ4n) is 1.99. The first-order chi connectivity index (χ1) is 11.2. The fraction of sp³-hybridized carbons (Fsp3) is 0.188. The van der Waals surface area contributed by atoms with Crippen LogP contribution in [-0.2, 0) is 26.9 Å². The molecular weight excluding hydrogens is 376 g/mol. The zero-order valence-electron chi connectivity index (χ0n) is 12.4. The molecule has 0 aliphatic rings. The molecule has 0 saturated heterocycles. The van der Waals surface area contributed by atoms with Gasteiger partial charge in [-0.3, -0.25) is 4.79 Å². The third-order valence-electron chi connectivity index (χ3n) is 3.12. The van der Waals surface area contributed by atoms with E-state index < -0.39 is 21.5 Å². The molecule has 4 nitrogen and oxygen atoms in total. The van der Waals surface area contributed by atoms with Gasteiger partial charge in [0, 0.05) is 6.54 Å². The van der Waals surface area contributed by atoms with Crippen LogP contribution in [0.3, 0.4) is 0 Å². The smallest absolute Gasteiger partial charge is 0.235 e. The summed E-state index contributed by atoms with van der Waals surface area (Å²) >= 11 is 11.6. The molecule has 2 aromatic carbocycles. The molecule has 0 aliphatic heterocycles. The summed E-state index contributed by atoms with van der Waals surface area (Å²) in [4.78, 5) is 11.8. The first-order valence-corrected chi connectivity index (χ1v) is 9.48. The van der Waals surface area contributed by atoms with E-state index in [1.54, 1.807) is 6.07 Å². The van der Waals surface area contributed by atoms with E-state index in [4.69, 9.17) is 23.2 Å². The fourth-order valence-corrected chi connectivity index (χ4v) is 3.60. The normalized spacial score (nSPS) is 11.3. The highest BCUT2D eigenvalue weighted by Gasteiger charge is 2.18. The predicted molar refractivity (Wildman–Crippen MR) is 92.2 cm³/mol. The molecule has 0 bridgehead atoms. The largest absolute Gasteiger partial charge is 0.351 e. The number of hydrogen-bond donors (Lipinski definition) is 1. The minimum absolute atomic E-state index is 0.126. The highest BCUT2D eigenvalue weighted by Crippen LogP contribution is 2.23. The minimum Gasteiger partial charge on any atom is -0.351 e. The van der Waals surface area contributed by atoms with Crippen LogP contribution in [0.15, 0.2) is 42.5 Å². The van der Waals surface area contributed by atoms with E-state index in [1.165, 1.54) is 36.4 Å². The van der Waals surface area contributed by atoms with Crippen LogP contribution in [0.4, 0.5) is 4.39 Å². The topological polar surface area (TPSA) is 63.2 Å². The van der Waals surface area contributed by atoms with Gasteiger partial charge in [0.2, 0.25) is 5.91 Å². The maximum Gasteiger partial charge on any atom is 0.235 e. The molecule has 0 unspecified atom stereocenters. The quantitative estimate of drug-likeness (QED) is 0.823. The number of nitrogens with one attached hydrogen (secondary N) is 1. The molecule has 0 saturated carbocycles. The summed E-state index contributed by atoms with van der Waals surface area (Å²) in [5.74, 6) is -1.96. The standard InChI is InChI=1S/C16H14Cl2FNO3S/c17-14-6-3-12(7-15(14)18)9-24(22,23)10-16(21)20-8-11-1-4-13(19)5-2-11/h1-7H,8-10H2,(H,20,21). The van der Waals surface area contributed by atoms with E-state index >= 15 is 0 Å². The SMILES string of the molecule is O=C(CS(=O)(=O)Cc1ccc(Cl)c(Cl)c1)NCc1ccc(F)cc1. The van der Waals surface area contributed by atoms with Crippen molar-refractivity contribution in [3.8, 4) is 0 Å². The van der Waals surface area contributed by atoms with E-state index in [-0.39, 0.29) is 23.1 Å². The van der Waals surface area contributed by atoms with E-state index in [2.05, 4.69) is 5.32 Å². The Morgan fingerprint density at radius 3 is 2.25 bits per heavy atom. The molecule has 0 fully saturated rings. The minimum atomic E-state index is -3.65. The van der Waals surface area contributed by atoms with Crippen LogP contribution in [0.1, 0.15) is 11.1 Å². The van der Waals surface area contributed by atoms with Gasteiger partial charge in [0.15, 0.2) is 9.84 Å². The van der Waals surface area contributed by atoms with Crippen molar-refractivity contribution in [2.45, 2.75) is 12.3 Å². The Morgan fingerprint density at radius 1 is 1.00 bits per heavy atom. The van der Waals surface area contributed by atoms with Crippen molar-refractivity contribution < 1.29 is 17.6 Å². The van der Waals surface area contributed by atoms with Gasteiger partial charge in [0.05, 0.1) is 15.8 Å². The maximum atomic E-state index is 12.8. The van der Waals surface area contributed by atoms with Crippen molar-refractivity contribution >= 4 is 38.9 Å². The molecule has 2 aromatic rings. The van der Waals surface area contributed by atoms with Gasteiger partial charge in [-0.1, -0.05) is 41.4 Å². The van der Waals surface area contributed by atoms with Crippen molar-refractivity contribution in [1.82, 2.24) is 5.32 Å². The highest BCUT2D eigenvalue weighted by molar-refractivity contribution is 7.91. The first-order valence-electron chi connectivity index (χ1n) is 6.91. The van der Waals surface area contributed by atoms with Crippen molar-refractivity contribution in [2.24, 2.45) is 0 Å². The highest BCUT2D eigenvalue weighted by atomic mass is 35.5. The molecule has 0 heterocycles. The summed E-state index contributed by atoms with van der Waals surface area (Å²) in [6, 6.07) is 10.1. The Balaban J connectivity index is 1.91. The van der Waals surface area contributed by atoms with Gasteiger partial charge in [0.25, 0.3) is 0 Å². The molecule has 0 spiro atoms. The number of hydrogen-bond acceptors (Lipinski definition) is 3. The lowest BCUT2D eigenvalue weighted by Crippen LogP contribution is -2.30. The molecule has 128 valence electrons. The molecule has 1 N–H and O–H groups in total. The van der Waals surface area contributed by atoms with Crippen LogP contribution < -0.4 is 5.32 Å². The van der Waals surface area contributed by atoms with E-state index in [1.807, 2.05) is 0 Å². The van der Waals surface area contributed by atoms with Crippen LogP contribution in [0.2, 0.25) is 10.0 Å². The van der Waals surface area contributed by atoms with Crippen LogP contribution in [0.5, 0.6) is 0 Å².